The molecule has 0 aliphatic carbocycles. The van der Waals surface area contributed by atoms with Crippen molar-refractivity contribution in [2.45, 2.75) is 6.18 Å². The van der Waals surface area contributed by atoms with E-state index in [1.54, 1.807) is 0 Å². The van der Waals surface area contributed by atoms with E-state index in [2.05, 4.69) is 0 Å². The molecule has 15 heavy (non-hydrogen) atoms. The van der Waals surface area contributed by atoms with Gasteiger partial charge in [-0.05, 0) is 0 Å². The molecule has 0 aromatic heterocycles. The third-order valence-electron chi connectivity index (χ3n) is 2.24. The van der Waals surface area contributed by atoms with Crippen molar-refractivity contribution in [2.24, 2.45) is 5.92 Å². The van der Waals surface area contributed by atoms with Crippen LogP contribution in [0.2, 0.25) is 0 Å². The van der Waals surface area contributed by atoms with Gasteiger partial charge in [-0.3, -0.25) is 9.69 Å². The molecule has 1 N–H and O–H groups in total. The van der Waals surface area contributed by atoms with Crippen molar-refractivity contribution in [3.05, 3.63) is 0 Å². The lowest BCUT2D eigenvalue weighted by atomic mass is 10.1. The van der Waals surface area contributed by atoms with Crippen molar-refractivity contribution in [1.82, 2.24) is 4.90 Å². The number of hydrogen-bond donors (Lipinski definition) is 1. The summed E-state index contributed by atoms with van der Waals surface area (Å²) in [5, 5.41) is 8.46. The molecule has 1 fully saturated rings. The second kappa shape index (κ2) is 4.80. The quantitative estimate of drug-likeness (QED) is 0.766. The van der Waals surface area contributed by atoms with E-state index in [-0.39, 0.29) is 0 Å². The molecular weight excluding hydrogens is 215 g/mol. The maximum absolute atomic E-state index is 12.3. The lowest BCUT2D eigenvalue weighted by Gasteiger charge is -2.29. The molecule has 1 aliphatic heterocycles. The fraction of sp³-hybridized carbons (Fsp3) is 0.875. The molecule has 7 heteroatoms. The molecule has 0 amide bonds. The van der Waals surface area contributed by atoms with E-state index in [1.165, 1.54) is 4.90 Å². The summed E-state index contributed by atoms with van der Waals surface area (Å²) in [6, 6.07) is 0. The highest BCUT2D eigenvalue weighted by molar-refractivity contribution is 5.71. The molecule has 4 nitrogen and oxygen atoms in total. The van der Waals surface area contributed by atoms with Crippen LogP contribution in [0.25, 0.3) is 0 Å². The minimum Gasteiger partial charge on any atom is -0.481 e. The molecule has 1 saturated heterocycles. The number of morpholine rings is 1. The van der Waals surface area contributed by atoms with Crippen molar-refractivity contribution >= 4 is 5.97 Å². The third-order valence-corrected chi connectivity index (χ3v) is 2.24. The van der Waals surface area contributed by atoms with E-state index in [4.69, 9.17) is 9.84 Å². The van der Waals surface area contributed by atoms with Crippen LogP contribution < -0.4 is 0 Å². The summed E-state index contributed by atoms with van der Waals surface area (Å²) in [5.41, 5.74) is 0. The van der Waals surface area contributed by atoms with Crippen LogP contribution in [0, 0.1) is 5.92 Å². The van der Waals surface area contributed by atoms with Crippen molar-refractivity contribution < 1.29 is 27.8 Å². The first kappa shape index (κ1) is 12.3. The summed E-state index contributed by atoms with van der Waals surface area (Å²) in [6.45, 7) is 0.899. The molecule has 0 radical (unpaired) electrons. The van der Waals surface area contributed by atoms with Gasteiger partial charge in [-0.1, -0.05) is 0 Å². The Morgan fingerprint density at radius 2 is 1.93 bits per heavy atom. The summed E-state index contributed by atoms with van der Waals surface area (Å²) in [6.07, 6.45) is -4.69. The number of halogens is 3. The van der Waals surface area contributed by atoms with Crippen LogP contribution in [0.4, 0.5) is 13.2 Å². The van der Waals surface area contributed by atoms with Crippen LogP contribution in [0.1, 0.15) is 0 Å². The standard InChI is InChI=1S/C8H12F3NO3/c9-8(10,11)6(7(13)14)5-12-1-3-15-4-2-12/h6H,1-5H2,(H,13,14). The maximum Gasteiger partial charge on any atom is 0.403 e. The van der Waals surface area contributed by atoms with Crippen molar-refractivity contribution in [3.8, 4) is 0 Å². The summed E-state index contributed by atoms with van der Waals surface area (Å²) in [4.78, 5) is 11.9. The van der Waals surface area contributed by atoms with Crippen LogP contribution in [0.3, 0.4) is 0 Å². The Labute approximate surface area is 84.6 Å². The van der Waals surface area contributed by atoms with Gasteiger partial charge in [-0.25, -0.2) is 0 Å². The summed E-state index contributed by atoms with van der Waals surface area (Å²) < 4.78 is 41.8. The van der Waals surface area contributed by atoms with E-state index in [1.807, 2.05) is 0 Å². The summed E-state index contributed by atoms with van der Waals surface area (Å²) in [5.74, 6) is -4.13. The van der Waals surface area contributed by atoms with Gasteiger partial charge in [-0.2, -0.15) is 13.2 Å². The average molecular weight is 227 g/mol. The molecule has 1 heterocycles. The predicted molar refractivity (Wildman–Crippen MR) is 44.4 cm³/mol. The van der Waals surface area contributed by atoms with Gasteiger partial charge in [0.2, 0.25) is 0 Å². The Morgan fingerprint density at radius 3 is 2.33 bits per heavy atom. The Hall–Kier alpha value is -0.820. The van der Waals surface area contributed by atoms with Crippen molar-refractivity contribution in [3.63, 3.8) is 0 Å². The number of nitrogens with zero attached hydrogens (tertiary/aromatic N) is 1. The molecule has 1 unspecified atom stereocenters. The number of rotatable bonds is 3. The lowest BCUT2D eigenvalue weighted by molar-refractivity contribution is -0.197. The number of hydrogen-bond acceptors (Lipinski definition) is 3. The zero-order chi connectivity index (χ0) is 11.5. The zero-order valence-corrected chi connectivity index (χ0v) is 7.96. The second-order valence-corrected chi connectivity index (χ2v) is 3.35. The fourth-order valence-electron chi connectivity index (χ4n) is 1.36. The Bertz CT molecular complexity index is 226. The van der Waals surface area contributed by atoms with Crippen LogP contribution in [0.15, 0.2) is 0 Å². The van der Waals surface area contributed by atoms with Crippen LogP contribution in [-0.4, -0.2) is 55.0 Å². The van der Waals surface area contributed by atoms with E-state index < -0.39 is 24.6 Å². The molecule has 0 saturated carbocycles. The van der Waals surface area contributed by atoms with E-state index in [9.17, 15) is 18.0 Å². The second-order valence-electron chi connectivity index (χ2n) is 3.35. The first-order valence-electron chi connectivity index (χ1n) is 4.51. The lowest BCUT2D eigenvalue weighted by Crippen LogP contribution is -2.45. The van der Waals surface area contributed by atoms with Gasteiger partial charge in [0, 0.05) is 19.6 Å². The average Bonchev–Trinajstić information content (AvgIpc) is 2.13. The highest BCUT2D eigenvalue weighted by Crippen LogP contribution is 2.27. The van der Waals surface area contributed by atoms with Gasteiger partial charge >= 0.3 is 12.1 Å². The number of ether oxygens (including phenoxy) is 1. The van der Waals surface area contributed by atoms with Crippen molar-refractivity contribution in [1.29, 1.82) is 0 Å². The molecular formula is C8H12F3NO3. The first-order valence-corrected chi connectivity index (χ1v) is 4.51. The predicted octanol–water partition coefficient (Wildman–Crippen LogP) is 0.582. The smallest absolute Gasteiger partial charge is 0.403 e. The van der Waals surface area contributed by atoms with Crippen LogP contribution in [0.5, 0.6) is 0 Å². The van der Waals surface area contributed by atoms with E-state index in [0.717, 1.165) is 0 Å². The van der Waals surface area contributed by atoms with Gasteiger partial charge in [0.25, 0.3) is 0 Å². The summed E-state index contributed by atoms with van der Waals surface area (Å²) in [7, 11) is 0. The highest BCUT2D eigenvalue weighted by Gasteiger charge is 2.45. The highest BCUT2D eigenvalue weighted by atomic mass is 19.4. The van der Waals surface area contributed by atoms with Gasteiger partial charge in [0.15, 0.2) is 5.92 Å². The molecule has 1 aliphatic rings. The molecule has 88 valence electrons. The van der Waals surface area contributed by atoms with E-state index in [0.29, 0.717) is 26.3 Å². The zero-order valence-electron chi connectivity index (χ0n) is 7.96. The minimum atomic E-state index is -4.69. The SMILES string of the molecule is O=C(O)C(CN1CCOCC1)C(F)(F)F. The Morgan fingerprint density at radius 1 is 1.40 bits per heavy atom. The first-order chi connectivity index (χ1) is 6.91. The van der Waals surface area contributed by atoms with Crippen molar-refractivity contribution in [2.75, 3.05) is 32.8 Å². The molecule has 0 bridgehead atoms. The molecule has 0 aromatic rings. The monoisotopic (exact) mass is 227 g/mol. The van der Waals surface area contributed by atoms with Gasteiger partial charge in [0.05, 0.1) is 13.2 Å². The van der Waals surface area contributed by atoms with Gasteiger partial charge < -0.3 is 9.84 Å². The number of carboxylic acid groups (broad SMARTS) is 1. The van der Waals surface area contributed by atoms with Gasteiger partial charge in [-0.15, -0.1) is 0 Å². The number of alkyl halides is 3. The fourth-order valence-corrected chi connectivity index (χ4v) is 1.36. The normalized spacial score (nSPS) is 21.3. The number of aliphatic carboxylic acids is 1. The Balaban J connectivity index is 2.54. The van der Waals surface area contributed by atoms with E-state index >= 15 is 0 Å². The molecule has 0 aromatic carbocycles. The third kappa shape index (κ3) is 3.67. The Kier molecular flexibility index (Phi) is 3.92. The molecule has 1 rings (SSSR count). The van der Waals surface area contributed by atoms with Gasteiger partial charge in [0.1, 0.15) is 0 Å². The van der Waals surface area contributed by atoms with Crippen LogP contribution >= 0.6 is 0 Å². The summed E-state index contributed by atoms with van der Waals surface area (Å²) >= 11 is 0. The van der Waals surface area contributed by atoms with Crippen LogP contribution in [-0.2, 0) is 9.53 Å². The largest absolute Gasteiger partial charge is 0.481 e. The number of carbonyl (C=O) groups is 1. The maximum atomic E-state index is 12.3. The molecule has 0 spiro atoms. The molecule has 1 atom stereocenters. The number of carboxylic acids is 1. The minimum absolute atomic E-state index is 0.347. The topological polar surface area (TPSA) is 49.8 Å².